The molecule has 0 saturated carbocycles. The van der Waals surface area contributed by atoms with Gasteiger partial charge in [-0.2, -0.15) is 13.2 Å². The topological polar surface area (TPSA) is 98.7 Å². The van der Waals surface area contributed by atoms with Gasteiger partial charge in [0.15, 0.2) is 5.78 Å². The average molecular weight is 585 g/mol. The monoisotopic (exact) mass is 584 g/mol. The van der Waals surface area contributed by atoms with E-state index in [1.54, 1.807) is 19.1 Å². The number of nitrogens with one attached hydrogen (secondary N) is 2. The van der Waals surface area contributed by atoms with E-state index in [1.165, 1.54) is 30.3 Å². The van der Waals surface area contributed by atoms with Gasteiger partial charge in [0.2, 0.25) is 0 Å². The molecule has 3 aromatic rings. The molecule has 42 heavy (non-hydrogen) atoms. The van der Waals surface area contributed by atoms with Crippen molar-refractivity contribution in [1.29, 1.82) is 0 Å². The van der Waals surface area contributed by atoms with Crippen molar-refractivity contribution in [2.45, 2.75) is 77.9 Å². The van der Waals surface area contributed by atoms with Crippen LogP contribution in [0, 0.1) is 5.92 Å². The molecule has 0 fully saturated rings. The molecule has 226 valence electrons. The van der Waals surface area contributed by atoms with Crippen molar-refractivity contribution < 1.29 is 33.0 Å². The van der Waals surface area contributed by atoms with Gasteiger partial charge in [0.25, 0.3) is 5.91 Å². The van der Waals surface area contributed by atoms with Crippen LogP contribution in [-0.2, 0) is 5.41 Å². The highest BCUT2D eigenvalue weighted by atomic mass is 19.4. The lowest BCUT2D eigenvalue weighted by Crippen LogP contribution is -2.41. The number of halogens is 3. The lowest BCUT2D eigenvalue weighted by atomic mass is 9.75. The first-order valence-corrected chi connectivity index (χ1v) is 14.1. The lowest BCUT2D eigenvalue weighted by molar-refractivity contribution is -0.173. The van der Waals surface area contributed by atoms with Crippen molar-refractivity contribution in [3.63, 3.8) is 0 Å². The third-order valence-corrected chi connectivity index (χ3v) is 8.43. The first-order valence-electron chi connectivity index (χ1n) is 14.1. The van der Waals surface area contributed by atoms with E-state index in [9.17, 15) is 33.0 Å². The molecule has 0 heterocycles. The number of Topliss-reactive ketones (excluding diaryl/α,β-unsaturated/α-hetero) is 1. The maximum atomic E-state index is 14.9. The Hall–Kier alpha value is -4.01. The number of phenols is 2. The normalized spacial score (nSPS) is 14.1. The maximum absolute atomic E-state index is 14.9. The zero-order chi connectivity index (χ0) is 31.5. The van der Waals surface area contributed by atoms with Crippen LogP contribution in [0.3, 0.4) is 0 Å². The van der Waals surface area contributed by atoms with E-state index in [1.807, 2.05) is 27.7 Å². The molecule has 6 nitrogen and oxygen atoms in total. The third-order valence-electron chi connectivity index (χ3n) is 8.43. The highest BCUT2D eigenvalue weighted by Crippen LogP contribution is 2.49. The van der Waals surface area contributed by atoms with Crippen LogP contribution in [0.4, 0.5) is 24.5 Å². The van der Waals surface area contributed by atoms with E-state index in [0.717, 1.165) is 25.1 Å². The van der Waals surface area contributed by atoms with Gasteiger partial charge in [-0.25, -0.2) is 0 Å². The highest BCUT2D eigenvalue weighted by Gasteiger charge is 2.54. The van der Waals surface area contributed by atoms with E-state index >= 15 is 0 Å². The molecule has 0 aliphatic rings. The third kappa shape index (κ3) is 6.55. The summed E-state index contributed by atoms with van der Waals surface area (Å²) in [4.78, 5) is 25.7. The van der Waals surface area contributed by atoms with Crippen LogP contribution in [0.15, 0.2) is 60.7 Å². The van der Waals surface area contributed by atoms with Crippen LogP contribution in [0.25, 0.3) is 0 Å². The minimum atomic E-state index is -4.79. The van der Waals surface area contributed by atoms with Crippen LogP contribution in [0.1, 0.15) is 92.6 Å². The summed E-state index contributed by atoms with van der Waals surface area (Å²) in [6.07, 6.45) is -2.80. The first-order chi connectivity index (χ1) is 19.6. The number of benzene rings is 3. The smallest absolute Gasteiger partial charge is 0.402 e. The summed E-state index contributed by atoms with van der Waals surface area (Å²) < 4.78 is 44.7. The quantitative estimate of drug-likeness (QED) is 0.134. The van der Waals surface area contributed by atoms with Crippen LogP contribution >= 0.6 is 0 Å². The fourth-order valence-electron chi connectivity index (χ4n) is 4.62. The van der Waals surface area contributed by atoms with Crippen molar-refractivity contribution in [1.82, 2.24) is 0 Å². The fourth-order valence-corrected chi connectivity index (χ4v) is 4.62. The zero-order valence-electron chi connectivity index (χ0n) is 24.8. The molecular formula is C33H39F3N2O4. The Morgan fingerprint density at radius 1 is 0.810 bits per heavy atom. The van der Waals surface area contributed by atoms with Crippen molar-refractivity contribution in [3.05, 3.63) is 82.9 Å². The molecule has 0 aliphatic heterocycles. The van der Waals surface area contributed by atoms with Crippen molar-refractivity contribution in [2.24, 2.45) is 5.92 Å². The molecule has 4 N–H and O–H groups in total. The second-order valence-corrected chi connectivity index (χ2v) is 11.2. The zero-order valence-corrected chi connectivity index (χ0v) is 24.8. The number of ketones is 1. The Morgan fingerprint density at radius 2 is 1.33 bits per heavy atom. The van der Waals surface area contributed by atoms with E-state index in [-0.39, 0.29) is 45.5 Å². The van der Waals surface area contributed by atoms with Crippen molar-refractivity contribution in [3.8, 4) is 11.5 Å². The number of carbonyl (C=O) groups excluding carboxylic acids is 2. The average Bonchev–Trinajstić information content (AvgIpc) is 2.97. The van der Waals surface area contributed by atoms with E-state index in [4.69, 9.17) is 0 Å². The number of carbonyl (C=O) groups is 2. The van der Waals surface area contributed by atoms with Crippen LogP contribution in [-0.4, -0.2) is 33.6 Å². The van der Waals surface area contributed by atoms with Gasteiger partial charge in [-0.3, -0.25) is 9.59 Å². The SMILES string of the molecule is CCC(C)C(=O)c1cccc(C(=O)Nc2cc(C(C)(c3ccc(O)c(NC(C)(CC)CC)c3)C(F)(F)F)ccc2O)c1. The number of anilines is 2. The summed E-state index contributed by atoms with van der Waals surface area (Å²) in [5, 5.41) is 26.6. The molecule has 9 heteroatoms. The highest BCUT2D eigenvalue weighted by molar-refractivity contribution is 6.07. The van der Waals surface area contributed by atoms with Gasteiger partial charge in [0.05, 0.1) is 11.4 Å². The number of hydrogen-bond acceptors (Lipinski definition) is 5. The van der Waals surface area contributed by atoms with Gasteiger partial charge in [0, 0.05) is 22.6 Å². The first kappa shape index (κ1) is 32.5. The molecule has 0 aromatic heterocycles. The number of alkyl halides is 3. The number of amides is 1. The second kappa shape index (κ2) is 12.5. The molecule has 2 unspecified atom stereocenters. The summed E-state index contributed by atoms with van der Waals surface area (Å²) in [5.74, 6) is -1.65. The second-order valence-electron chi connectivity index (χ2n) is 11.2. The number of rotatable bonds is 11. The Kier molecular flexibility index (Phi) is 9.65. The fraction of sp³-hybridized carbons (Fsp3) is 0.394. The molecule has 2 atom stereocenters. The predicted molar refractivity (Wildman–Crippen MR) is 160 cm³/mol. The molecule has 3 aromatic carbocycles. The number of hydrogen-bond donors (Lipinski definition) is 4. The Labute approximate surface area is 245 Å². The molecule has 1 amide bonds. The summed E-state index contributed by atoms with van der Waals surface area (Å²) in [7, 11) is 0. The van der Waals surface area contributed by atoms with Gasteiger partial charge < -0.3 is 20.8 Å². The number of phenolic OH excluding ortho intramolecular Hbond substituents is 2. The molecule has 0 saturated heterocycles. The molecule has 0 spiro atoms. The van der Waals surface area contributed by atoms with Crippen molar-refractivity contribution in [2.75, 3.05) is 10.6 Å². The minimum Gasteiger partial charge on any atom is -0.506 e. The summed E-state index contributed by atoms with van der Waals surface area (Å²) >= 11 is 0. The van der Waals surface area contributed by atoms with Crippen LogP contribution in [0.2, 0.25) is 0 Å². The Morgan fingerprint density at radius 3 is 1.86 bits per heavy atom. The summed E-state index contributed by atoms with van der Waals surface area (Å²) in [5.41, 5.74) is -2.95. The largest absolute Gasteiger partial charge is 0.506 e. The predicted octanol–water partition coefficient (Wildman–Crippen LogP) is 8.44. The van der Waals surface area contributed by atoms with Gasteiger partial charge in [0.1, 0.15) is 16.9 Å². The van der Waals surface area contributed by atoms with Gasteiger partial charge in [-0.15, -0.1) is 0 Å². The maximum Gasteiger partial charge on any atom is 0.402 e. The minimum absolute atomic E-state index is 0.122. The van der Waals surface area contributed by atoms with Gasteiger partial charge >= 0.3 is 6.18 Å². The summed E-state index contributed by atoms with van der Waals surface area (Å²) in [6, 6.07) is 13.1. The van der Waals surface area contributed by atoms with Crippen LogP contribution in [0.5, 0.6) is 11.5 Å². The molecular weight excluding hydrogens is 545 g/mol. The van der Waals surface area contributed by atoms with E-state index in [0.29, 0.717) is 24.8 Å². The van der Waals surface area contributed by atoms with E-state index in [2.05, 4.69) is 10.6 Å². The van der Waals surface area contributed by atoms with Crippen molar-refractivity contribution >= 4 is 23.1 Å². The standard InChI is InChI=1S/C33H39F3N2O4/c1-7-20(4)29(41)21-11-10-12-22(17-21)30(42)37-25-18-23(13-15-27(25)39)32(6,33(34,35)36)24-14-16-28(40)26(19-24)38-31(5,8-2)9-3/h10-20,38-40H,7-9H2,1-6H3,(H,37,42). The van der Waals surface area contributed by atoms with Crippen LogP contribution < -0.4 is 10.6 Å². The lowest BCUT2D eigenvalue weighted by Gasteiger charge is -2.35. The van der Waals surface area contributed by atoms with Gasteiger partial charge in [-0.05, 0) is 80.6 Å². The van der Waals surface area contributed by atoms with E-state index < -0.39 is 28.8 Å². The molecule has 0 radical (unpaired) electrons. The molecule has 0 aliphatic carbocycles. The Bertz CT molecular complexity index is 1450. The number of aromatic hydroxyl groups is 2. The Balaban J connectivity index is 2.04. The molecule has 0 bridgehead atoms. The summed E-state index contributed by atoms with van der Waals surface area (Å²) in [6.45, 7) is 10.5. The molecule has 3 rings (SSSR count). The van der Waals surface area contributed by atoms with Gasteiger partial charge in [-0.1, -0.05) is 52.0 Å².